The number of nitrogens with zero attached hydrogens (tertiary/aromatic N) is 3. The maximum absolute atomic E-state index is 6.28. The number of rotatable bonds is 2. The van der Waals surface area contributed by atoms with Crippen LogP contribution in [0.3, 0.4) is 0 Å². The Bertz CT molecular complexity index is 1370. The number of pyridine rings is 1. The number of benzene rings is 3. The Kier molecular flexibility index (Phi) is 3.41. The van der Waals surface area contributed by atoms with E-state index in [1.54, 1.807) is 0 Å². The van der Waals surface area contributed by atoms with Gasteiger partial charge < -0.3 is 14.2 Å². The first-order valence-corrected chi connectivity index (χ1v) is 9.77. The average Bonchev–Trinajstić information content (AvgIpc) is 3.33. The van der Waals surface area contributed by atoms with E-state index < -0.39 is 0 Å². The quantitative estimate of drug-likeness (QED) is 0.350. The molecule has 6 rings (SSSR count). The van der Waals surface area contributed by atoms with E-state index in [2.05, 4.69) is 77.4 Å². The molecule has 0 N–H and O–H groups in total. The minimum atomic E-state index is 0.686. The molecule has 0 radical (unpaired) electrons. The molecule has 4 heteroatoms. The van der Waals surface area contributed by atoms with Crippen molar-refractivity contribution in [2.75, 3.05) is 16.5 Å². The molecule has 2 aromatic heterocycles. The summed E-state index contributed by atoms with van der Waals surface area (Å²) < 4.78 is 6.28. The van der Waals surface area contributed by atoms with Crippen molar-refractivity contribution in [1.29, 1.82) is 0 Å². The first-order chi connectivity index (χ1) is 14.3. The van der Waals surface area contributed by atoms with E-state index in [0.717, 1.165) is 39.1 Å². The SMILES string of the molecule is Cc1cccc(N2CN(c3cccc4c3oc3ccccc34)c3ncccc32)c1. The minimum Gasteiger partial charge on any atom is -0.454 e. The Hall–Kier alpha value is -3.79. The molecule has 0 fully saturated rings. The lowest BCUT2D eigenvalue weighted by Gasteiger charge is -2.22. The molecule has 3 aromatic carbocycles. The van der Waals surface area contributed by atoms with Gasteiger partial charge in [-0.2, -0.15) is 0 Å². The fourth-order valence-corrected chi connectivity index (χ4v) is 4.24. The van der Waals surface area contributed by atoms with Crippen molar-refractivity contribution in [3.05, 3.63) is 90.6 Å². The van der Waals surface area contributed by atoms with Gasteiger partial charge in [0.2, 0.25) is 0 Å². The summed E-state index contributed by atoms with van der Waals surface area (Å²) in [5.74, 6) is 0.946. The third kappa shape index (κ3) is 2.42. The topological polar surface area (TPSA) is 32.5 Å². The molecule has 1 aliphatic rings. The number of anilines is 4. The molecule has 0 amide bonds. The van der Waals surface area contributed by atoms with E-state index >= 15 is 0 Å². The van der Waals surface area contributed by atoms with Crippen LogP contribution in [0.2, 0.25) is 0 Å². The number of aryl methyl sites for hydroxylation is 1. The monoisotopic (exact) mass is 377 g/mol. The summed E-state index contributed by atoms with van der Waals surface area (Å²) in [4.78, 5) is 9.26. The summed E-state index contributed by atoms with van der Waals surface area (Å²) in [6.07, 6.45) is 1.85. The number of aromatic nitrogens is 1. The molecule has 0 unspecified atom stereocenters. The van der Waals surface area contributed by atoms with Gasteiger partial charge in [0.15, 0.2) is 11.4 Å². The largest absolute Gasteiger partial charge is 0.454 e. The number of furan rings is 1. The van der Waals surface area contributed by atoms with Crippen molar-refractivity contribution in [2.45, 2.75) is 6.92 Å². The van der Waals surface area contributed by atoms with E-state index in [4.69, 9.17) is 9.40 Å². The van der Waals surface area contributed by atoms with Gasteiger partial charge in [-0.05, 0) is 48.9 Å². The molecule has 3 heterocycles. The standard InChI is InChI=1S/C25H19N3O/c1-17-7-4-8-18(15-17)27-16-28(25-22(27)12-6-14-26-25)21-11-5-10-20-19-9-2-3-13-23(19)29-24(20)21/h2-15H,16H2,1H3. The molecule has 1 aliphatic heterocycles. The fraction of sp³-hybridized carbons (Fsp3) is 0.0800. The summed E-state index contributed by atoms with van der Waals surface area (Å²) in [6.45, 7) is 2.81. The van der Waals surface area contributed by atoms with E-state index in [9.17, 15) is 0 Å². The normalized spacial score (nSPS) is 13.4. The number of para-hydroxylation sites is 2. The summed E-state index contributed by atoms with van der Waals surface area (Å²) in [7, 11) is 0. The lowest BCUT2D eigenvalue weighted by molar-refractivity contribution is 0.668. The second-order valence-corrected chi connectivity index (χ2v) is 7.43. The first kappa shape index (κ1) is 16.2. The van der Waals surface area contributed by atoms with Crippen molar-refractivity contribution in [3.8, 4) is 0 Å². The van der Waals surface area contributed by atoms with Crippen LogP contribution >= 0.6 is 0 Å². The highest BCUT2D eigenvalue weighted by molar-refractivity contribution is 6.10. The summed E-state index contributed by atoms with van der Waals surface area (Å²) >= 11 is 0. The van der Waals surface area contributed by atoms with E-state index in [1.165, 1.54) is 11.3 Å². The van der Waals surface area contributed by atoms with Crippen LogP contribution in [0.15, 0.2) is 89.5 Å². The zero-order chi connectivity index (χ0) is 19.4. The molecule has 29 heavy (non-hydrogen) atoms. The highest BCUT2D eigenvalue weighted by Gasteiger charge is 2.31. The predicted octanol–water partition coefficient (Wildman–Crippen LogP) is 6.54. The van der Waals surface area contributed by atoms with Gasteiger partial charge in [0, 0.05) is 22.7 Å². The Labute approximate surface area is 168 Å². The summed E-state index contributed by atoms with van der Waals surface area (Å²) in [5, 5.41) is 2.27. The lowest BCUT2D eigenvalue weighted by Crippen LogP contribution is -2.24. The Morgan fingerprint density at radius 3 is 2.55 bits per heavy atom. The molecular weight excluding hydrogens is 358 g/mol. The van der Waals surface area contributed by atoms with Crippen LogP contribution in [-0.2, 0) is 0 Å². The van der Waals surface area contributed by atoms with Crippen molar-refractivity contribution in [2.24, 2.45) is 0 Å². The van der Waals surface area contributed by atoms with Gasteiger partial charge in [-0.25, -0.2) is 4.98 Å². The van der Waals surface area contributed by atoms with Crippen LogP contribution < -0.4 is 9.80 Å². The number of hydrogen-bond acceptors (Lipinski definition) is 4. The van der Waals surface area contributed by atoms with Crippen LogP contribution in [0.25, 0.3) is 21.9 Å². The molecule has 140 valence electrons. The van der Waals surface area contributed by atoms with Gasteiger partial charge >= 0.3 is 0 Å². The second-order valence-electron chi connectivity index (χ2n) is 7.43. The maximum Gasteiger partial charge on any atom is 0.159 e. The Morgan fingerprint density at radius 2 is 1.62 bits per heavy atom. The Balaban J connectivity index is 1.55. The van der Waals surface area contributed by atoms with Crippen LogP contribution in [0.5, 0.6) is 0 Å². The average molecular weight is 377 g/mol. The van der Waals surface area contributed by atoms with Crippen LogP contribution in [0, 0.1) is 6.92 Å². The predicted molar refractivity (Wildman–Crippen MR) is 118 cm³/mol. The zero-order valence-corrected chi connectivity index (χ0v) is 16.0. The van der Waals surface area contributed by atoms with Gasteiger partial charge in [0.05, 0.1) is 11.4 Å². The fourth-order valence-electron chi connectivity index (χ4n) is 4.24. The van der Waals surface area contributed by atoms with Crippen molar-refractivity contribution < 1.29 is 4.42 Å². The van der Waals surface area contributed by atoms with Crippen molar-refractivity contribution in [1.82, 2.24) is 4.98 Å². The van der Waals surface area contributed by atoms with Gasteiger partial charge in [-0.1, -0.05) is 42.5 Å². The maximum atomic E-state index is 6.28. The van der Waals surface area contributed by atoms with E-state index in [0.29, 0.717) is 6.67 Å². The van der Waals surface area contributed by atoms with Crippen LogP contribution in [0.4, 0.5) is 22.9 Å². The third-order valence-corrected chi connectivity index (χ3v) is 5.58. The smallest absolute Gasteiger partial charge is 0.159 e. The molecule has 4 nitrogen and oxygen atoms in total. The summed E-state index contributed by atoms with van der Waals surface area (Å²) in [5.41, 5.74) is 6.35. The molecule has 0 bridgehead atoms. The van der Waals surface area contributed by atoms with Crippen molar-refractivity contribution in [3.63, 3.8) is 0 Å². The van der Waals surface area contributed by atoms with Crippen LogP contribution in [0.1, 0.15) is 5.56 Å². The molecule has 0 saturated carbocycles. The van der Waals surface area contributed by atoms with Gasteiger partial charge in [-0.15, -0.1) is 0 Å². The molecule has 5 aromatic rings. The molecular formula is C25H19N3O. The molecule has 0 atom stereocenters. The zero-order valence-electron chi connectivity index (χ0n) is 16.0. The van der Waals surface area contributed by atoms with Gasteiger partial charge in [0.1, 0.15) is 12.3 Å². The van der Waals surface area contributed by atoms with Gasteiger partial charge in [0.25, 0.3) is 0 Å². The minimum absolute atomic E-state index is 0.686. The van der Waals surface area contributed by atoms with Crippen molar-refractivity contribution >= 4 is 44.8 Å². The van der Waals surface area contributed by atoms with E-state index in [1.807, 2.05) is 24.4 Å². The second kappa shape index (κ2) is 6.11. The highest BCUT2D eigenvalue weighted by atomic mass is 16.3. The lowest BCUT2D eigenvalue weighted by atomic mass is 10.1. The molecule has 0 saturated heterocycles. The first-order valence-electron chi connectivity index (χ1n) is 9.77. The number of hydrogen-bond donors (Lipinski definition) is 0. The summed E-state index contributed by atoms with van der Waals surface area (Å²) in [6, 6.07) is 27.2. The Morgan fingerprint density at radius 1 is 0.793 bits per heavy atom. The third-order valence-electron chi connectivity index (χ3n) is 5.58. The molecule has 0 aliphatic carbocycles. The number of fused-ring (bicyclic) bond motifs is 4. The van der Waals surface area contributed by atoms with Crippen LogP contribution in [-0.4, -0.2) is 11.7 Å². The van der Waals surface area contributed by atoms with Gasteiger partial charge in [-0.3, -0.25) is 0 Å². The highest BCUT2D eigenvalue weighted by Crippen LogP contribution is 2.45. The van der Waals surface area contributed by atoms with E-state index in [-0.39, 0.29) is 0 Å². The molecule has 0 spiro atoms.